The monoisotopic (exact) mass is 411 g/mol. The van der Waals surface area contributed by atoms with E-state index >= 15 is 0 Å². The van der Waals surface area contributed by atoms with E-state index in [0.717, 1.165) is 12.1 Å². The first-order valence-corrected chi connectivity index (χ1v) is 3.69. The van der Waals surface area contributed by atoms with Crippen molar-refractivity contribution in [1.82, 2.24) is 0 Å². The number of furan rings is 1. The van der Waals surface area contributed by atoms with E-state index in [1.807, 2.05) is 0 Å². The molecule has 0 atom stereocenters. The number of fused-ring (bicyclic) bond motifs is 1. The van der Waals surface area contributed by atoms with Gasteiger partial charge in [-0.3, -0.25) is 0 Å². The Morgan fingerprint density at radius 1 is 1.21 bits per heavy atom. The minimum Gasteiger partial charge on any atom is -0.455 e. The van der Waals surface area contributed by atoms with Gasteiger partial charge in [-0.05, 0) is 18.2 Å². The van der Waals surface area contributed by atoms with Crippen molar-refractivity contribution < 1.29 is 62.4 Å². The summed E-state index contributed by atoms with van der Waals surface area (Å²) < 4.78 is 30.8. The topological polar surface area (TPSA) is 33.4 Å². The Kier molecular flexibility index (Phi) is 4.05. The number of hydrogen-bond donors (Lipinski definition) is 1. The second kappa shape index (κ2) is 4.69. The van der Waals surface area contributed by atoms with Crippen LogP contribution in [0.1, 0.15) is 5.76 Å². The van der Waals surface area contributed by atoms with Gasteiger partial charge in [-0.15, -0.1) is 0 Å². The molecule has 0 aliphatic rings. The summed E-state index contributed by atoms with van der Waals surface area (Å²) in [5.41, 5.74) is -0.149. The molecule has 1 aromatic carbocycles. The Bertz CT molecular complexity index is 414. The first-order valence-electron chi connectivity index (χ1n) is 3.69. The predicted octanol–water partition coefficient (Wildman–Crippen LogP) is 2.20. The van der Waals surface area contributed by atoms with Gasteiger partial charge in [0, 0.05) is 44.1 Å². The van der Waals surface area contributed by atoms with E-state index in [1.54, 1.807) is 0 Å². The number of rotatable bonds is 1. The summed E-state index contributed by atoms with van der Waals surface area (Å²) in [5, 5.41) is 8.74. The van der Waals surface area contributed by atoms with Crippen molar-refractivity contribution in [2.24, 2.45) is 0 Å². The van der Waals surface area contributed by atoms with Crippen molar-refractivity contribution in [3.63, 3.8) is 0 Å². The molecule has 1 aromatic heterocycles. The maximum Gasteiger partial charge on any atom is 0.172 e. The van der Waals surface area contributed by atoms with Crippen molar-refractivity contribution in [2.45, 2.75) is 6.61 Å². The van der Waals surface area contributed by atoms with Crippen LogP contribution < -0.4 is 0 Å². The summed E-state index contributed by atoms with van der Waals surface area (Å²) in [5.74, 6) is -1.03. The fourth-order valence-corrected chi connectivity index (χ4v) is 1.19. The smallest absolute Gasteiger partial charge is 0.172 e. The van der Waals surface area contributed by atoms with E-state index in [1.165, 1.54) is 6.07 Å². The first-order chi connectivity index (χ1) is 6.22. The fraction of sp³-hybridized carbons (Fsp3) is 0.111. The third kappa shape index (κ3) is 2.00. The molecule has 1 radical (unpaired) electrons. The molecule has 0 unspecified atom stereocenters. The Morgan fingerprint density at radius 3 is 2.43 bits per heavy atom. The van der Waals surface area contributed by atoms with Gasteiger partial charge in [0.2, 0.25) is 0 Å². The van der Waals surface area contributed by atoms with Crippen molar-refractivity contribution in [3.8, 4) is 0 Å². The second-order valence-electron chi connectivity index (χ2n) is 2.64. The normalized spacial score (nSPS) is 10.2. The Morgan fingerprint density at radius 2 is 1.86 bits per heavy atom. The molecule has 0 bridgehead atoms. The van der Waals surface area contributed by atoms with Crippen molar-refractivity contribution >= 4 is 11.0 Å². The molecule has 0 aliphatic heterocycles. The minimum absolute atomic E-state index is 0. The number of aliphatic hydroxyl groups excluding tert-OH is 1. The van der Waals surface area contributed by atoms with E-state index in [-0.39, 0.29) is 67.4 Å². The SMILES string of the molecule is OCc1cc2c(F)ccc(F)c2o1.[Ac]. The zero-order chi connectivity index (χ0) is 9.42. The molecule has 0 fully saturated rings. The van der Waals surface area contributed by atoms with Crippen LogP contribution >= 0.6 is 0 Å². The Balaban J connectivity index is 0.000000980. The third-order valence-corrected chi connectivity index (χ3v) is 1.79. The van der Waals surface area contributed by atoms with Crippen molar-refractivity contribution in [2.75, 3.05) is 0 Å². The van der Waals surface area contributed by atoms with Gasteiger partial charge < -0.3 is 9.52 Å². The molecule has 1 heterocycles. The molecule has 0 saturated heterocycles. The van der Waals surface area contributed by atoms with Crippen molar-refractivity contribution in [1.29, 1.82) is 0 Å². The molecule has 0 aliphatic carbocycles. The van der Waals surface area contributed by atoms with Crippen LogP contribution in [0.15, 0.2) is 22.6 Å². The molecule has 14 heavy (non-hydrogen) atoms. The molecular formula is C9H6AcF2O2. The third-order valence-electron chi connectivity index (χ3n) is 1.79. The van der Waals surface area contributed by atoms with Crippen LogP contribution in [-0.4, -0.2) is 5.11 Å². The van der Waals surface area contributed by atoms with Gasteiger partial charge in [-0.2, -0.15) is 0 Å². The van der Waals surface area contributed by atoms with Gasteiger partial charge in [-0.25, -0.2) is 8.78 Å². The molecule has 2 nitrogen and oxygen atoms in total. The van der Waals surface area contributed by atoms with Crippen LogP contribution in [0.3, 0.4) is 0 Å². The van der Waals surface area contributed by atoms with E-state index in [0.29, 0.717) is 0 Å². The van der Waals surface area contributed by atoms with E-state index in [9.17, 15) is 8.78 Å². The molecule has 0 spiro atoms. The predicted molar refractivity (Wildman–Crippen MR) is 42.1 cm³/mol. The zero-order valence-electron chi connectivity index (χ0n) is 7.13. The largest absolute Gasteiger partial charge is 0.455 e. The summed E-state index contributed by atoms with van der Waals surface area (Å²) in [4.78, 5) is 0. The summed E-state index contributed by atoms with van der Waals surface area (Å²) >= 11 is 0. The molecule has 0 saturated carbocycles. The van der Waals surface area contributed by atoms with E-state index in [4.69, 9.17) is 9.52 Å². The molecule has 2 rings (SSSR count). The molecular weight excluding hydrogens is 405 g/mol. The molecule has 0 amide bonds. The van der Waals surface area contributed by atoms with Crippen LogP contribution in [0.4, 0.5) is 8.78 Å². The second-order valence-corrected chi connectivity index (χ2v) is 2.64. The molecule has 1 N–H and O–H groups in total. The molecule has 5 heteroatoms. The standard InChI is InChI=1S/C9H6F2O2.Ac/c10-7-1-2-8(11)9-6(7)3-5(4-12)13-9;/h1-3,12H,4H2;. The molecule has 71 valence electrons. The van der Waals surface area contributed by atoms with Gasteiger partial charge in [0.15, 0.2) is 11.4 Å². The maximum absolute atomic E-state index is 13.0. The number of halogens is 2. The van der Waals surface area contributed by atoms with Crippen LogP contribution in [0.5, 0.6) is 0 Å². The van der Waals surface area contributed by atoms with Gasteiger partial charge in [0.05, 0.1) is 5.39 Å². The van der Waals surface area contributed by atoms with Gasteiger partial charge in [0.1, 0.15) is 18.2 Å². The van der Waals surface area contributed by atoms with Gasteiger partial charge in [0.25, 0.3) is 0 Å². The zero-order valence-corrected chi connectivity index (χ0v) is 11.9. The quantitative estimate of drug-likeness (QED) is 0.781. The maximum atomic E-state index is 13.0. The van der Waals surface area contributed by atoms with Crippen LogP contribution in [0.25, 0.3) is 11.0 Å². The van der Waals surface area contributed by atoms with Crippen molar-refractivity contribution in [3.05, 3.63) is 35.6 Å². The van der Waals surface area contributed by atoms with Gasteiger partial charge in [-0.1, -0.05) is 0 Å². The summed E-state index contributed by atoms with van der Waals surface area (Å²) in [7, 11) is 0. The van der Waals surface area contributed by atoms with E-state index in [2.05, 4.69) is 0 Å². The Labute approximate surface area is 114 Å². The van der Waals surface area contributed by atoms with Gasteiger partial charge >= 0.3 is 0 Å². The number of aliphatic hydroxyl groups is 1. The summed E-state index contributed by atoms with van der Waals surface area (Å²) in [6.07, 6.45) is 0. The average Bonchev–Trinajstić information content (AvgIpc) is 2.56. The van der Waals surface area contributed by atoms with Crippen LogP contribution in [0, 0.1) is 55.7 Å². The number of benzene rings is 1. The first kappa shape index (κ1) is 12.1. The molecule has 2 aromatic rings. The van der Waals surface area contributed by atoms with Crippen LogP contribution in [-0.2, 0) is 6.61 Å². The van der Waals surface area contributed by atoms with Crippen LogP contribution in [0.2, 0.25) is 0 Å². The summed E-state index contributed by atoms with van der Waals surface area (Å²) in [6, 6.07) is 3.30. The Hall–Kier alpha value is 0.0216. The fourth-order valence-electron chi connectivity index (χ4n) is 1.19. The van der Waals surface area contributed by atoms with E-state index < -0.39 is 11.6 Å². The number of hydrogen-bond acceptors (Lipinski definition) is 2. The average molecular weight is 411 g/mol. The minimum atomic E-state index is -0.629. The summed E-state index contributed by atoms with van der Waals surface area (Å²) in [6.45, 7) is -0.368.